The van der Waals surface area contributed by atoms with Crippen LogP contribution in [0.25, 0.3) is 82.8 Å². The molecule has 2 aliphatic heterocycles. The highest BCUT2D eigenvalue weighted by atomic mass is 32.2. The van der Waals surface area contributed by atoms with Crippen LogP contribution in [0.15, 0.2) is 159 Å². The number of fused-ring (bicyclic) bond motifs is 3. The summed E-state index contributed by atoms with van der Waals surface area (Å²) < 4.78 is 8.96. The zero-order chi connectivity index (χ0) is 33.3. The first kappa shape index (κ1) is 28.0. The quantitative estimate of drug-likeness (QED) is 0.177. The average Bonchev–Trinajstić information content (AvgIpc) is 3.49. The Kier molecular flexibility index (Phi) is 5.54. The van der Waals surface area contributed by atoms with Crippen LogP contribution >= 0.6 is 11.8 Å². The standard InChI is InChI=1S/C46H29NO2S/c1-46(2)36-14-7-13-32-34-23-31(25-41-43(34)47(42(32)36)44-37(46)15-8-16-40(44)50-41)29-18-20-38-35(22-29)45(48)33-19-17-30(24-39(33)49-38)28-12-6-11-27(21-28)26-9-4-3-5-10-26/h3-25H,1-2H3. The fourth-order valence-electron chi connectivity index (χ4n) is 8.46. The molecule has 236 valence electrons. The largest absolute Gasteiger partial charge is 0.456 e. The number of para-hydroxylation sites is 2. The Balaban J connectivity index is 1.06. The number of aromatic nitrogens is 1. The monoisotopic (exact) mass is 659 g/mol. The van der Waals surface area contributed by atoms with Crippen molar-refractivity contribution in [2.75, 3.05) is 0 Å². The summed E-state index contributed by atoms with van der Waals surface area (Å²) in [5.41, 5.74) is 14.2. The van der Waals surface area contributed by atoms with Gasteiger partial charge in [0.05, 0.1) is 27.5 Å². The molecular formula is C46H29NO2S. The second kappa shape index (κ2) is 9.87. The Morgan fingerprint density at radius 1 is 0.500 bits per heavy atom. The van der Waals surface area contributed by atoms with Gasteiger partial charge in [0.25, 0.3) is 0 Å². The minimum absolute atomic E-state index is 0.0136. The summed E-state index contributed by atoms with van der Waals surface area (Å²) in [6, 6.07) is 48.9. The highest BCUT2D eigenvalue weighted by Gasteiger charge is 2.38. The molecule has 0 fully saturated rings. The van der Waals surface area contributed by atoms with Crippen LogP contribution in [0.4, 0.5) is 0 Å². The van der Waals surface area contributed by atoms with Gasteiger partial charge in [-0.05, 0) is 93.0 Å². The Labute approximate surface area is 292 Å². The third kappa shape index (κ3) is 3.74. The van der Waals surface area contributed by atoms with Crippen molar-refractivity contribution in [2.24, 2.45) is 0 Å². The second-order valence-corrected chi connectivity index (χ2v) is 15.2. The second-order valence-electron chi connectivity index (χ2n) is 14.1. The van der Waals surface area contributed by atoms with E-state index >= 15 is 0 Å². The highest BCUT2D eigenvalue weighted by molar-refractivity contribution is 7.99. The smallest absolute Gasteiger partial charge is 0.200 e. The van der Waals surface area contributed by atoms with Gasteiger partial charge < -0.3 is 8.98 Å². The molecule has 0 aliphatic carbocycles. The number of hydrogen-bond donors (Lipinski definition) is 0. The number of hydrogen-bond acceptors (Lipinski definition) is 3. The molecule has 9 aromatic rings. The SMILES string of the molecule is CC1(C)c2cccc3c2-n2c4c(cc(-c5ccc6oc7cc(-c8cccc(-c9ccccc9)c8)ccc7c(=O)c6c5)cc4c4cccc1c42)S3. The number of benzene rings is 7. The Morgan fingerprint density at radius 2 is 1.20 bits per heavy atom. The first-order chi connectivity index (χ1) is 24.4. The van der Waals surface area contributed by atoms with Gasteiger partial charge in [-0.1, -0.05) is 117 Å². The Bertz CT molecular complexity index is 3000. The van der Waals surface area contributed by atoms with Gasteiger partial charge in [0, 0.05) is 26.0 Å². The van der Waals surface area contributed by atoms with Crippen molar-refractivity contribution in [1.29, 1.82) is 0 Å². The molecule has 50 heavy (non-hydrogen) atoms. The summed E-state index contributed by atoms with van der Waals surface area (Å²) in [4.78, 5) is 16.6. The van der Waals surface area contributed by atoms with Crippen LogP contribution in [-0.2, 0) is 5.41 Å². The zero-order valence-electron chi connectivity index (χ0n) is 27.5. The molecular weight excluding hydrogens is 631 g/mol. The predicted molar refractivity (Wildman–Crippen MR) is 207 cm³/mol. The molecule has 0 atom stereocenters. The van der Waals surface area contributed by atoms with Crippen molar-refractivity contribution >= 4 is 55.5 Å². The lowest BCUT2D eigenvalue weighted by atomic mass is 9.74. The lowest BCUT2D eigenvalue weighted by Gasteiger charge is -2.37. The van der Waals surface area contributed by atoms with Crippen LogP contribution in [-0.4, -0.2) is 4.57 Å². The van der Waals surface area contributed by atoms with Gasteiger partial charge in [-0.2, -0.15) is 0 Å². The maximum absolute atomic E-state index is 14.1. The molecule has 4 heteroatoms. The van der Waals surface area contributed by atoms with Crippen molar-refractivity contribution in [3.8, 4) is 39.1 Å². The van der Waals surface area contributed by atoms with Crippen LogP contribution in [0.1, 0.15) is 25.0 Å². The first-order valence-corrected chi connectivity index (χ1v) is 17.9. The topological polar surface area (TPSA) is 35.1 Å². The highest BCUT2D eigenvalue weighted by Crippen LogP contribution is 2.55. The summed E-state index contributed by atoms with van der Waals surface area (Å²) in [5, 5.41) is 3.69. The van der Waals surface area contributed by atoms with Gasteiger partial charge >= 0.3 is 0 Å². The van der Waals surface area contributed by atoms with E-state index < -0.39 is 0 Å². The van der Waals surface area contributed by atoms with Gasteiger partial charge in [-0.3, -0.25) is 4.79 Å². The minimum atomic E-state index is -0.0990. The maximum atomic E-state index is 14.1. The van der Waals surface area contributed by atoms with Gasteiger partial charge in [0.15, 0.2) is 0 Å². The van der Waals surface area contributed by atoms with Crippen LogP contribution in [0.5, 0.6) is 0 Å². The lowest BCUT2D eigenvalue weighted by Crippen LogP contribution is -2.27. The van der Waals surface area contributed by atoms with E-state index in [1.54, 1.807) is 0 Å². The van der Waals surface area contributed by atoms with E-state index in [0.29, 0.717) is 21.9 Å². The molecule has 0 saturated heterocycles. The number of rotatable bonds is 3. The van der Waals surface area contributed by atoms with Crippen molar-refractivity contribution < 1.29 is 4.42 Å². The minimum Gasteiger partial charge on any atom is -0.456 e. The van der Waals surface area contributed by atoms with E-state index in [9.17, 15) is 4.79 Å². The molecule has 0 bridgehead atoms. The molecule has 2 aliphatic rings. The molecule has 0 amide bonds. The fraction of sp³-hybridized carbons (Fsp3) is 0.0652. The summed E-state index contributed by atoms with van der Waals surface area (Å²) >= 11 is 1.85. The van der Waals surface area contributed by atoms with E-state index in [2.05, 4.69) is 122 Å². The molecule has 0 spiro atoms. The summed E-state index contributed by atoms with van der Waals surface area (Å²) in [6.45, 7) is 4.69. The molecule has 7 aromatic carbocycles. The van der Waals surface area contributed by atoms with Gasteiger partial charge in [0.2, 0.25) is 5.43 Å². The average molecular weight is 660 g/mol. The molecule has 0 unspecified atom stereocenters. The molecule has 0 radical (unpaired) electrons. The third-order valence-electron chi connectivity index (χ3n) is 10.9. The van der Waals surface area contributed by atoms with E-state index in [0.717, 1.165) is 27.8 Å². The maximum Gasteiger partial charge on any atom is 0.200 e. The van der Waals surface area contributed by atoms with E-state index in [1.807, 2.05) is 48.2 Å². The molecule has 2 aromatic heterocycles. The summed E-state index contributed by atoms with van der Waals surface area (Å²) in [7, 11) is 0. The van der Waals surface area contributed by atoms with Gasteiger partial charge in [-0.15, -0.1) is 0 Å². The van der Waals surface area contributed by atoms with Crippen molar-refractivity contribution in [3.05, 3.63) is 161 Å². The van der Waals surface area contributed by atoms with Crippen LogP contribution in [0.3, 0.4) is 0 Å². The molecule has 0 N–H and O–H groups in total. The van der Waals surface area contributed by atoms with Crippen LogP contribution < -0.4 is 5.43 Å². The van der Waals surface area contributed by atoms with Crippen LogP contribution in [0.2, 0.25) is 0 Å². The van der Waals surface area contributed by atoms with Gasteiger partial charge in [-0.25, -0.2) is 0 Å². The normalized spacial score (nSPS) is 14.0. The predicted octanol–water partition coefficient (Wildman–Crippen LogP) is 12.1. The van der Waals surface area contributed by atoms with Crippen molar-refractivity contribution in [2.45, 2.75) is 29.1 Å². The summed E-state index contributed by atoms with van der Waals surface area (Å²) in [5.74, 6) is 0. The lowest BCUT2D eigenvalue weighted by molar-refractivity contribution is 0.626. The first-order valence-electron chi connectivity index (χ1n) is 17.0. The molecule has 11 rings (SSSR count). The third-order valence-corrected chi connectivity index (χ3v) is 12.0. The zero-order valence-corrected chi connectivity index (χ0v) is 28.3. The van der Waals surface area contributed by atoms with Crippen molar-refractivity contribution in [3.63, 3.8) is 0 Å². The Morgan fingerprint density at radius 3 is 2.08 bits per heavy atom. The number of nitrogens with zero attached hydrogens (tertiary/aromatic N) is 1. The Hall–Kier alpha value is -5.84. The van der Waals surface area contributed by atoms with E-state index in [-0.39, 0.29) is 10.8 Å². The molecule has 3 nitrogen and oxygen atoms in total. The molecule has 4 heterocycles. The van der Waals surface area contributed by atoms with Gasteiger partial charge in [0.1, 0.15) is 11.2 Å². The van der Waals surface area contributed by atoms with Crippen molar-refractivity contribution in [1.82, 2.24) is 4.57 Å². The summed E-state index contributed by atoms with van der Waals surface area (Å²) in [6.07, 6.45) is 0. The van der Waals surface area contributed by atoms with Crippen LogP contribution in [0, 0.1) is 0 Å². The van der Waals surface area contributed by atoms with E-state index in [4.69, 9.17) is 4.42 Å². The van der Waals surface area contributed by atoms with E-state index in [1.165, 1.54) is 54.0 Å². The molecule has 0 saturated carbocycles. The fourth-order valence-corrected chi connectivity index (χ4v) is 9.62.